The average molecular weight is 469 g/mol. The van der Waals surface area contributed by atoms with Crippen molar-refractivity contribution in [3.05, 3.63) is 55.6 Å². The summed E-state index contributed by atoms with van der Waals surface area (Å²) in [5.41, 5.74) is 2.23. The lowest BCUT2D eigenvalue weighted by atomic mass is 10.1. The lowest BCUT2D eigenvalue weighted by molar-refractivity contribution is -0.384. The van der Waals surface area contributed by atoms with Crippen LogP contribution in [0.25, 0.3) is 0 Å². The number of nitro groups is 1. The number of anilines is 1. The maximum atomic E-state index is 10.8. The Bertz CT molecular complexity index is 790. The fourth-order valence-corrected chi connectivity index (χ4v) is 3.75. The number of ether oxygens (including phenoxy) is 1. The molecule has 7 nitrogen and oxygen atoms in total. The van der Waals surface area contributed by atoms with Crippen LogP contribution in [-0.2, 0) is 6.54 Å². The van der Waals surface area contributed by atoms with E-state index in [2.05, 4.69) is 32.4 Å². The second-order valence-corrected chi connectivity index (χ2v) is 7.33. The third kappa shape index (κ3) is 4.18. The molecule has 0 radical (unpaired) electrons. The van der Waals surface area contributed by atoms with Gasteiger partial charge in [0.1, 0.15) is 0 Å². The van der Waals surface area contributed by atoms with Crippen LogP contribution in [0.1, 0.15) is 5.56 Å². The minimum Gasteiger partial charge on any atom is -0.504 e. The predicted octanol–water partition coefficient (Wildman–Crippen LogP) is 3.24. The number of nitro benzene ring substituents is 1. The molecular formula is C18H20IN3O4. The number of piperazine rings is 1. The van der Waals surface area contributed by atoms with Crippen LogP contribution in [0, 0.1) is 13.7 Å². The van der Waals surface area contributed by atoms with Crippen molar-refractivity contribution in [3.63, 3.8) is 0 Å². The highest BCUT2D eigenvalue weighted by molar-refractivity contribution is 14.1. The van der Waals surface area contributed by atoms with Gasteiger partial charge >= 0.3 is 0 Å². The van der Waals surface area contributed by atoms with E-state index in [9.17, 15) is 15.2 Å². The molecule has 0 atom stereocenters. The van der Waals surface area contributed by atoms with Gasteiger partial charge in [-0.15, -0.1) is 0 Å². The largest absolute Gasteiger partial charge is 0.504 e. The zero-order chi connectivity index (χ0) is 18.7. The van der Waals surface area contributed by atoms with Gasteiger partial charge in [-0.25, -0.2) is 0 Å². The van der Waals surface area contributed by atoms with Gasteiger partial charge in [0, 0.05) is 50.5 Å². The van der Waals surface area contributed by atoms with Crippen LogP contribution in [0.2, 0.25) is 0 Å². The summed E-state index contributed by atoms with van der Waals surface area (Å²) in [6.07, 6.45) is 0. The first-order chi connectivity index (χ1) is 12.5. The third-order valence-electron chi connectivity index (χ3n) is 4.51. The predicted molar refractivity (Wildman–Crippen MR) is 108 cm³/mol. The van der Waals surface area contributed by atoms with Crippen LogP contribution < -0.4 is 9.64 Å². The van der Waals surface area contributed by atoms with Gasteiger partial charge in [0.15, 0.2) is 11.5 Å². The van der Waals surface area contributed by atoms with E-state index < -0.39 is 0 Å². The third-order valence-corrected chi connectivity index (χ3v) is 5.33. The Hall–Kier alpha value is -2.07. The van der Waals surface area contributed by atoms with Crippen LogP contribution >= 0.6 is 22.6 Å². The van der Waals surface area contributed by atoms with Gasteiger partial charge in [0.25, 0.3) is 5.69 Å². The fourth-order valence-electron chi connectivity index (χ4n) is 3.08. The van der Waals surface area contributed by atoms with Crippen molar-refractivity contribution in [2.45, 2.75) is 6.54 Å². The van der Waals surface area contributed by atoms with Crippen molar-refractivity contribution in [2.24, 2.45) is 0 Å². The lowest BCUT2D eigenvalue weighted by Crippen LogP contribution is -2.45. The first-order valence-corrected chi connectivity index (χ1v) is 9.33. The average Bonchev–Trinajstić information content (AvgIpc) is 2.65. The molecule has 2 aromatic carbocycles. The van der Waals surface area contributed by atoms with Gasteiger partial charge in [-0.2, -0.15) is 0 Å². The summed E-state index contributed by atoms with van der Waals surface area (Å²) in [4.78, 5) is 15.0. The van der Waals surface area contributed by atoms with Crippen molar-refractivity contribution in [3.8, 4) is 11.5 Å². The number of methoxy groups -OCH3 is 1. The molecule has 1 N–H and O–H groups in total. The summed E-state index contributed by atoms with van der Waals surface area (Å²) in [5.74, 6) is 0.677. The molecule has 1 aliphatic rings. The standard InChI is InChI=1S/C18H20IN3O4/c1-26-17-11-13(10-16(19)18(17)23)12-20-6-8-21(9-7-20)14-2-4-15(5-3-14)22(24)25/h2-5,10-11,23H,6-9,12H2,1H3. The van der Waals surface area contributed by atoms with Crippen LogP contribution in [0.3, 0.4) is 0 Å². The number of phenolic OH excluding ortho intramolecular Hbond substituents is 1. The zero-order valence-corrected chi connectivity index (χ0v) is 16.5. The Labute approximate surface area is 165 Å². The molecule has 0 spiro atoms. The topological polar surface area (TPSA) is 79.1 Å². The smallest absolute Gasteiger partial charge is 0.269 e. The lowest BCUT2D eigenvalue weighted by Gasteiger charge is -2.36. The summed E-state index contributed by atoms with van der Waals surface area (Å²) in [6, 6.07) is 10.6. The van der Waals surface area contributed by atoms with Crippen molar-refractivity contribution < 1.29 is 14.8 Å². The highest BCUT2D eigenvalue weighted by Gasteiger charge is 2.19. The maximum Gasteiger partial charge on any atom is 0.269 e. The van der Waals surface area contributed by atoms with Gasteiger partial charge in [0.2, 0.25) is 0 Å². The van der Waals surface area contributed by atoms with Gasteiger partial charge in [0.05, 0.1) is 15.6 Å². The van der Waals surface area contributed by atoms with E-state index in [0.717, 1.165) is 47.5 Å². The number of phenols is 1. The van der Waals surface area contributed by atoms with Gasteiger partial charge in [-0.1, -0.05) is 0 Å². The minimum absolute atomic E-state index is 0.114. The van der Waals surface area contributed by atoms with E-state index >= 15 is 0 Å². The van der Waals surface area contributed by atoms with Gasteiger partial charge < -0.3 is 14.7 Å². The summed E-state index contributed by atoms with van der Waals surface area (Å²) < 4.78 is 6.01. The van der Waals surface area contributed by atoms with E-state index in [4.69, 9.17) is 4.74 Å². The van der Waals surface area contributed by atoms with Crippen molar-refractivity contribution in [1.29, 1.82) is 0 Å². The number of aromatic hydroxyl groups is 1. The zero-order valence-electron chi connectivity index (χ0n) is 14.4. The Balaban J connectivity index is 1.60. The van der Waals surface area contributed by atoms with Gasteiger partial charge in [-0.05, 0) is 52.4 Å². The molecule has 138 valence electrons. The Morgan fingerprint density at radius 1 is 1.19 bits per heavy atom. The first-order valence-electron chi connectivity index (χ1n) is 8.25. The van der Waals surface area contributed by atoms with Crippen LogP contribution in [-0.4, -0.2) is 48.2 Å². The highest BCUT2D eigenvalue weighted by atomic mass is 127. The minimum atomic E-state index is -0.380. The quantitative estimate of drug-likeness (QED) is 0.412. The normalized spacial score (nSPS) is 15.1. The Morgan fingerprint density at radius 3 is 2.42 bits per heavy atom. The molecule has 0 aliphatic carbocycles. The number of halogens is 1. The molecule has 1 heterocycles. The molecule has 0 aromatic heterocycles. The highest BCUT2D eigenvalue weighted by Crippen LogP contribution is 2.33. The SMILES string of the molecule is COc1cc(CN2CCN(c3ccc([N+](=O)[O-])cc3)CC2)cc(I)c1O. The number of rotatable bonds is 5. The van der Waals surface area contributed by atoms with Crippen molar-refractivity contribution in [1.82, 2.24) is 4.90 Å². The van der Waals surface area contributed by atoms with E-state index in [1.807, 2.05) is 12.1 Å². The van der Waals surface area contributed by atoms with Crippen LogP contribution in [0.5, 0.6) is 11.5 Å². The number of benzene rings is 2. The number of nitrogens with zero attached hydrogens (tertiary/aromatic N) is 3. The molecule has 8 heteroatoms. The van der Waals surface area contributed by atoms with E-state index in [0.29, 0.717) is 5.75 Å². The fraction of sp³-hybridized carbons (Fsp3) is 0.333. The van der Waals surface area contributed by atoms with E-state index in [1.54, 1.807) is 31.4 Å². The summed E-state index contributed by atoms with van der Waals surface area (Å²) in [5, 5.41) is 20.7. The van der Waals surface area contributed by atoms with Crippen LogP contribution in [0.4, 0.5) is 11.4 Å². The van der Waals surface area contributed by atoms with E-state index in [1.165, 1.54) is 0 Å². The van der Waals surface area contributed by atoms with Crippen molar-refractivity contribution >= 4 is 34.0 Å². The molecule has 3 rings (SSSR count). The molecule has 1 aliphatic heterocycles. The van der Waals surface area contributed by atoms with Crippen molar-refractivity contribution in [2.75, 3.05) is 38.2 Å². The molecule has 1 saturated heterocycles. The monoisotopic (exact) mass is 469 g/mol. The van der Waals surface area contributed by atoms with Crippen LogP contribution in [0.15, 0.2) is 36.4 Å². The summed E-state index contributed by atoms with van der Waals surface area (Å²) in [7, 11) is 1.55. The Morgan fingerprint density at radius 2 is 1.85 bits per heavy atom. The summed E-state index contributed by atoms with van der Waals surface area (Å²) >= 11 is 2.11. The number of hydrogen-bond acceptors (Lipinski definition) is 6. The molecular weight excluding hydrogens is 449 g/mol. The molecule has 0 saturated carbocycles. The second-order valence-electron chi connectivity index (χ2n) is 6.17. The number of hydrogen-bond donors (Lipinski definition) is 1. The Kier molecular flexibility index (Phi) is 5.82. The first kappa shape index (κ1) is 18.7. The summed E-state index contributed by atoms with van der Waals surface area (Å²) in [6.45, 7) is 4.32. The second kappa shape index (κ2) is 8.09. The van der Waals surface area contributed by atoms with E-state index in [-0.39, 0.29) is 16.4 Å². The van der Waals surface area contributed by atoms with Gasteiger partial charge in [-0.3, -0.25) is 15.0 Å². The molecule has 0 amide bonds. The molecule has 2 aromatic rings. The molecule has 0 unspecified atom stereocenters. The molecule has 0 bridgehead atoms. The molecule has 26 heavy (non-hydrogen) atoms. The number of non-ortho nitro benzene ring substituents is 1. The molecule has 1 fully saturated rings. The maximum absolute atomic E-state index is 10.8.